The Labute approximate surface area is 115 Å². The van der Waals surface area contributed by atoms with Crippen LogP contribution in [0.1, 0.15) is 24.4 Å². The van der Waals surface area contributed by atoms with E-state index < -0.39 is 11.6 Å². The van der Waals surface area contributed by atoms with Crippen molar-refractivity contribution in [2.45, 2.75) is 26.8 Å². The second kappa shape index (κ2) is 6.21. The second-order valence-corrected chi connectivity index (χ2v) is 5.20. The minimum Gasteiger partial charge on any atom is -0.312 e. The maximum atomic E-state index is 13.7. The first-order valence-corrected chi connectivity index (χ1v) is 7.12. The van der Waals surface area contributed by atoms with Gasteiger partial charge in [0.2, 0.25) is 0 Å². The number of rotatable bonds is 5. The molecule has 0 atom stereocenters. The van der Waals surface area contributed by atoms with Crippen LogP contribution in [0.3, 0.4) is 0 Å². The Bertz CT molecular complexity index is 546. The molecule has 0 spiro atoms. The van der Waals surface area contributed by atoms with Gasteiger partial charge in [-0.05, 0) is 25.1 Å². The van der Waals surface area contributed by atoms with Crippen molar-refractivity contribution in [3.63, 3.8) is 0 Å². The molecular formula is C14H16F2N2S. The molecule has 0 aliphatic heterocycles. The standard InChI is InChI=1S/C14H16F2N2S/c1-3-11-12(8-17-4-2)19-14(18-11)13-9(15)6-5-7-10(13)16/h5-7,17H,3-4,8H2,1-2H3. The Morgan fingerprint density at radius 3 is 2.47 bits per heavy atom. The molecule has 1 aromatic carbocycles. The first-order chi connectivity index (χ1) is 9.17. The van der Waals surface area contributed by atoms with Gasteiger partial charge in [-0.3, -0.25) is 0 Å². The predicted octanol–water partition coefficient (Wildman–Crippen LogP) is 3.76. The molecule has 1 heterocycles. The normalized spacial score (nSPS) is 10.9. The molecule has 0 amide bonds. The highest BCUT2D eigenvalue weighted by atomic mass is 32.1. The van der Waals surface area contributed by atoms with Gasteiger partial charge in [-0.15, -0.1) is 11.3 Å². The number of nitrogens with zero attached hydrogens (tertiary/aromatic N) is 1. The van der Waals surface area contributed by atoms with E-state index in [0.29, 0.717) is 11.6 Å². The number of hydrogen-bond acceptors (Lipinski definition) is 3. The summed E-state index contributed by atoms with van der Waals surface area (Å²) in [6, 6.07) is 3.88. The third-order valence-electron chi connectivity index (χ3n) is 2.83. The van der Waals surface area contributed by atoms with Crippen LogP contribution < -0.4 is 5.32 Å². The molecule has 19 heavy (non-hydrogen) atoms. The van der Waals surface area contributed by atoms with E-state index in [1.165, 1.54) is 29.5 Å². The SMILES string of the molecule is CCNCc1sc(-c2c(F)cccc2F)nc1CC. The van der Waals surface area contributed by atoms with E-state index in [1.807, 2.05) is 13.8 Å². The number of thiazole rings is 1. The summed E-state index contributed by atoms with van der Waals surface area (Å²) in [5.74, 6) is -1.13. The van der Waals surface area contributed by atoms with Crippen LogP contribution in [-0.4, -0.2) is 11.5 Å². The fourth-order valence-corrected chi connectivity index (χ4v) is 3.01. The van der Waals surface area contributed by atoms with Gasteiger partial charge in [-0.25, -0.2) is 13.8 Å². The third kappa shape index (κ3) is 2.98. The first-order valence-electron chi connectivity index (χ1n) is 6.31. The minimum absolute atomic E-state index is 0.0232. The smallest absolute Gasteiger partial charge is 0.136 e. The van der Waals surface area contributed by atoms with Crippen molar-refractivity contribution in [2.24, 2.45) is 0 Å². The van der Waals surface area contributed by atoms with Gasteiger partial charge in [0.15, 0.2) is 0 Å². The van der Waals surface area contributed by atoms with Gasteiger partial charge in [0, 0.05) is 11.4 Å². The van der Waals surface area contributed by atoms with Crippen LogP contribution >= 0.6 is 11.3 Å². The van der Waals surface area contributed by atoms with Gasteiger partial charge in [-0.1, -0.05) is 19.9 Å². The summed E-state index contributed by atoms with van der Waals surface area (Å²) in [6.07, 6.45) is 0.757. The van der Waals surface area contributed by atoms with E-state index in [9.17, 15) is 8.78 Å². The monoisotopic (exact) mass is 282 g/mol. The van der Waals surface area contributed by atoms with Crippen molar-refractivity contribution in [3.05, 3.63) is 40.4 Å². The molecule has 1 N–H and O–H groups in total. The maximum absolute atomic E-state index is 13.7. The number of nitrogens with one attached hydrogen (secondary N) is 1. The van der Waals surface area contributed by atoms with Crippen molar-refractivity contribution in [3.8, 4) is 10.6 Å². The molecule has 0 saturated heterocycles. The quantitative estimate of drug-likeness (QED) is 0.903. The van der Waals surface area contributed by atoms with Crippen LogP contribution in [0.2, 0.25) is 0 Å². The van der Waals surface area contributed by atoms with E-state index in [-0.39, 0.29) is 5.56 Å². The van der Waals surface area contributed by atoms with Gasteiger partial charge >= 0.3 is 0 Å². The lowest BCUT2D eigenvalue weighted by Crippen LogP contribution is -2.11. The average Bonchev–Trinajstić information content (AvgIpc) is 2.79. The van der Waals surface area contributed by atoms with Crippen LogP contribution in [0, 0.1) is 11.6 Å². The Kier molecular flexibility index (Phi) is 4.61. The summed E-state index contributed by atoms with van der Waals surface area (Å²) >= 11 is 1.35. The Balaban J connectivity index is 2.43. The lowest BCUT2D eigenvalue weighted by atomic mass is 10.2. The first kappa shape index (κ1) is 14.1. The minimum atomic E-state index is -0.564. The van der Waals surface area contributed by atoms with E-state index in [2.05, 4.69) is 10.3 Å². The van der Waals surface area contributed by atoms with Gasteiger partial charge in [-0.2, -0.15) is 0 Å². The summed E-state index contributed by atoms with van der Waals surface area (Å²) in [5.41, 5.74) is 0.883. The molecule has 2 nitrogen and oxygen atoms in total. The van der Waals surface area contributed by atoms with Crippen LogP contribution in [0.5, 0.6) is 0 Å². The van der Waals surface area contributed by atoms with Gasteiger partial charge < -0.3 is 5.32 Å². The number of benzene rings is 1. The maximum Gasteiger partial charge on any atom is 0.136 e. The lowest BCUT2D eigenvalue weighted by molar-refractivity contribution is 0.589. The summed E-state index contributed by atoms with van der Waals surface area (Å²) in [7, 11) is 0. The highest BCUT2D eigenvalue weighted by Crippen LogP contribution is 2.32. The van der Waals surface area contributed by atoms with Crippen LogP contribution in [0.15, 0.2) is 18.2 Å². The van der Waals surface area contributed by atoms with E-state index >= 15 is 0 Å². The molecule has 0 bridgehead atoms. The third-order valence-corrected chi connectivity index (χ3v) is 3.94. The fraction of sp³-hybridized carbons (Fsp3) is 0.357. The summed E-state index contributed by atoms with van der Waals surface area (Å²) < 4.78 is 27.5. The number of halogens is 2. The van der Waals surface area contributed by atoms with Crippen molar-refractivity contribution >= 4 is 11.3 Å². The van der Waals surface area contributed by atoms with Crippen molar-refractivity contribution < 1.29 is 8.78 Å². The molecule has 0 fully saturated rings. The second-order valence-electron chi connectivity index (χ2n) is 4.12. The van der Waals surface area contributed by atoms with Crippen LogP contribution in [-0.2, 0) is 13.0 Å². The molecule has 0 saturated carbocycles. The van der Waals surface area contributed by atoms with E-state index in [1.54, 1.807) is 0 Å². The molecule has 5 heteroatoms. The topological polar surface area (TPSA) is 24.9 Å². The summed E-state index contributed by atoms with van der Waals surface area (Å²) in [5, 5.41) is 3.63. The van der Waals surface area contributed by atoms with Crippen molar-refractivity contribution in [1.82, 2.24) is 10.3 Å². The molecule has 2 aromatic rings. The number of hydrogen-bond donors (Lipinski definition) is 1. The average molecular weight is 282 g/mol. The van der Waals surface area contributed by atoms with E-state index in [0.717, 1.165) is 23.5 Å². The fourth-order valence-electron chi connectivity index (χ4n) is 1.85. The highest BCUT2D eigenvalue weighted by Gasteiger charge is 2.17. The molecular weight excluding hydrogens is 266 g/mol. The zero-order valence-electron chi connectivity index (χ0n) is 11.0. The Hall–Kier alpha value is -1.33. The van der Waals surface area contributed by atoms with Crippen LogP contribution in [0.25, 0.3) is 10.6 Å². The number of aryl methyl sites for hydroxylation is 1. The van der Waals surface area contributed by atoms with Crippen molar-refractivity contribution in [2.75, 3.05) is 6.54 Å². The van der Waals surface area contributed by atoms with Gasteiger partial charge in [0.25, 0.3) is 0 Å². The summed E-state index contributed by atoms with van der Waals surface area (Å²) in [6.45, 7) is 5.55. The van der Waals surface area contributed by atoms with Gasteiger partial charge in [0.05, 0.1) is 11.3 Å². The molecule has 102 valence electrons. The molecule has 0 aliphatic carbocycles. The Morgan fingerprint density at radius 2 is 1.89 bits per heavy atom. The molecule has 0 unspecified atom stereocenters. The zero-order valence-corrected chi connectivity index (χ0v) is 11.8. The Morgan fingerprint density at radius 1 is 1.21 bits per heavy atom. The largest absolute Gasteiger partial charge is 0.312 e. The lowest BCUT2D eigenvalue weighted by Gasteiger charge is -2.00. The molecule has 2 rings (SSSR count). The molecule has 0 radical (unpaired) electrons. The summed E-state index contributed by atoms with van der Waals surface area (Å²) in [4.78, 5) is 5.42. The van der Waals surface area contributed by atoms with E-state index in [4.69, 9.17) is 0 Å². The van der Waals surface area contributed by atoms with Crippen molar-refractivity contribution in [1.29, 1.82) is 0 Å². The predicted molar refractivity (Wildman–Crippen MR) is 74.2 cm³/mol. The molecule has 1 aromatic heterocycles. The van der Waals surface area contributed by atoms with Gasteiger partial charge in [0.1, 0.15) is 16.6 Å². The highest BCUT2D eigenvalue weighted by molar-refractivity contribution is 7.15. The molecule has 0 aliphatic rings. The zero-order chi connectivity index (χ0) is 13.8. The van der Waals surface area contributed by atoms with Crippen LogP contribution in [0.4, 0.5) is 8.78 Å². The number of aromatic nitrogens is 1.